The Labute approximate surface area is 59.7 Å². The molecule has 0 fully saturated rings. The van der Waals surface area contributed by atoms with E-state index in [9.17, 15) is 0 Å². The van der Waals surface area contributed by atoms with Crippen LogP contribution >= 0.6 is 11.6 Å². The van der Waals surface area contributed by atoms with Crippen LogP contribution in [0.1, 0.15) is 11.1 Å². The molecule has 0 aromatic carbocycles. The van der Waals surface area contributed by atoms with Gasteiger partial charge in [-0.1, -0.05) is 11.6 Å². The summed E-state index contributed by atoms with van der Waals surface area (Å²) in [7, 11) is 0. The molecule has 1 aromatic heterocycles. The van der Waals surface area contributed by atoms with E-state index in [-0.39, 0.29) is 0 Å². The lowest BCUT2D eigenvalue weighted by atomic mass is 10.2. The molecule has 9 heavy (non-hydrogen) atoms. The highest BCUT2D eigenvalue weighted by Gasteiger charge is 1.95. The Hall–Kier alpha value is -0.560. The van der Waals surface area contributed by atoms with Crippen LogP contribution in [-0.2, 0) is 0 Å². The molecule has 0 unspecified atom stereocenters. The molecule has 47 valence electrons. The second-order valence-corrected chi connectivity index (χ2v) is 2.24. The molecule has 0 saturated heterocycles. The maximum absolute atomic E-state index is 5.66. The van der Waals surface area contributed by atoms with Crippen LogP contribution in [0.25, 0.3) is 0 Å². The standard InChI is InChI=1S/C7H7ClN/c1-5-3-4-9-7(8)6(5)2/h3-4H,1H2,2H3. The van der Waals surface area contributed by atoms with Crippen LogP contribution in [0.3, 0.4) is 0 Å². The topological polar surface area (TPSA) is 12.9 Å². The molecule has 0 bridgehead atoms. The van der Waals surface area contributed by atoms with Crippen molar-refractivity contribution in [3.05, 3.63) is 35.5 Å². The number of rotatable bonds is 0. The van der Waals surface area contributed by atoms with Crippen molar-refractivity contribution in [2.45, 2.75) is 6.92 Å². The van der Waals surface area contributed by atoms with Gasteiger partial charge in [-0.15, -0.1) is 0 Å². The van der Waals surface area contributed by atoms with Crippen molar-refractivity contribution in [1.29, 1.82) is 0 Å². The number of aromatic nitrogens is 1. The molecule has 0 aliphatic carbocycles. The van der Waals surface area contributed by atoms with Crippen molar-refractivity contribution < 1.29 is 0 Å². The van der Waals surface area contributed by atoms with E-state index >= 15 is 0 Å². The highest BCUT2D eigenvalue weighted by molar-refractivity contribution is 6.30. The van der Waals surface area contributed by atoms with E-state index in [1.165, 1.54) is 0 Å². The average Bonchev–Trinajstić information content (AvgIpc) is 1.83. The summed E-state index contributed by atoms with van der Waals surface area (Å²) in [6.07, 6.45) is 1.65. The van der Waals surface area contributed by atoms with Gasteiger partial charge in [0.1, 0.15) is 5.15 Å². The maximum atomic E-state index is 5.66. The fourth-order valence-corrected chi connectivity index (χ4v) is 0.725. The molecular formula is C7H7ClN. The summed E-state index contributed by atoms with van der Waals surface area (Å²) >= 11 is 5.66. The summed E-state index contributed by atoms with van der Waals surface area (Å²) in [5.41, 5.74) is 1.90. The molecule has 0 amide bonds. The maximum Gasteiger partial charge on any atom is 0.132 e. The number of hydrogen-bond donors (Lipinski definition) is 0. The number of nitrogens with zero attached hydrogens (tertiary/aromatic N) is 1. The third-order valence-corrected chi connectivity index (χ3v) is 1.64. The zero-order valence-corrected chi connectivity index (χ0v) is 5.94. The first-order valence-corrected chi connectivity index (χ1v) is 3.02. The van der Waals surface area contributed by atoms with Crippen molar-refractivity contribution in [1.82, 2.24) is 4.98 Å². The lowest BCUT2D eigenvalue weighted by Crippen LogP contribution is -1.83. The quantitative estimate of drug-likeness (QED) is 0.504. The molecule has 2 heteroatoms. The Bertz CT molecular complexity index is 200. The minimum Gasteiger partial charge on any atom is -0.244 e. The molecule has 0 atom stereocenters. The van der Waals surface area contributed by atoms with E-state index in [4.69, 9.17) is 11.6 Å². The highest BCUT2D eigenvalue weighted by atomic mass is 35.5. The zero-order chi connectivity index (χ0) is 6.85. The second kappa shape index (κ2) is 2.36. The van der Waals surface area contributed by atoms with E-state index < -0.39 is 0 Å². The average molecular weight is 141 g/mol. The summed E-state index contributed by atoms with van der Waals surface area (Å²) in [6, 6.07) is 1.83. The second-order valence-electron chi connectivity index (χ2n) is 1.89. The Morgan fingerprint density at radius 1 is 1.67 bits per heavy atom. The Balaban J connectivity index is 3.25. The Morgan fingerprint density at radius 2 is 2.33 bits per heavy atom. The summed E-state index contributed by atoms with van der Waals surface area (Å²) in [5, 5.41) is 0.544. The number of hydrogen-bond acceptors (Lipinski definition) is 1. The molecule has 0 spiro atoms. The van der Waals surface area contributed by atoms with Crippen LogP contribution < -0.4 is 0 Å². The van der Waals surface area contributed by atoms with Gasteiger partial charge >= 0.3 is 0 Å². The lowest BCUT2D eigenvalue weighted by Gasteiger charge is -1.97. The zero-order valence-electron chi connectivity index (χ0n) is 5.19. The fraction of sp³-hybridized carbons (Fsp3) is 0.143. The van der Waals surface area contributed by atoms with Gasteiger partial charge in [0.2, 0.25) is 0 Å². The monoisotopic (exact) mass is 140 g/mol. The summed E-state index contributed by atoms with van der Waals surface area (Å²) < 4.78 is 0. The van der Waals surface area contributed by atoms with Crippen molar-refractivity contribution in [2.75, 3.05) is 0 Å². The smallest absolute Gasteiger partial charge is 0.132 e. The molecule has 0 saturated carbocycles. The molecule has 1 heterocycles. The minimum absolute atomic E-state index is 0.544. The van der Waals surface area contributed by atoms with Gasteiger partial charge in [0.05, 0.1) is 0 Å². The number of halogens is 1. The van der Waals surface area contributed by atoms with Crippen molar-refractivity contribution in [3.8, 4) is 0 Å². The van der Waals surface area contributed by atoms with E-state index in [1.807, 2.05) is 13.0 Å². The summed E-state index contributed by atoms with van der Waals surface area (Å²) in [6.45, 7) is 5.66. The van der Waals surface area contributed by atoms with Crippen molar-refractivity contribution in [2.24, 2.45) is 0 Å². The Morgan fingerprint density at radius 3 is 2.78 bits per heavy atom. The molecule has 1 nitrogen and oxygen atoms in total. The third kappa shape index (κ3) is 1.22. The highest BCUT2D eigenvalue weighted by Crippen LogP contribution is 2.13. The SMILES string of the molecule is [CH2]c1ccnc(Cl)c1C. The van der Waals surface area contributed by atoms with E-state index in [1.54, 1.807) is 6.20 Å². The Kier molecular flexibility index (Phi) is 1.72. The molecular weight excluding hydrogens is 134 g/mol. The predicted octanol–water partition coefficient (Wildman–Crippen LogP) is 2.23. The van der Waals surface area contributed by atoms with Crippen molar-refractivity contribution >= 4 is 11.6 Å². The van der Waals surface area contributed by atoms with Gasteiger partial charge in [0.15, 0.2) is 0 Å². The first-order valence-electron chi connectivity index (χ1n) is 2.65. The first kappa shape index (κ1) is 6.56. The predicted molar refractivity (Wildman–Crippen MR) is 38.4 cm³/mol. The third-order valence-electron chi connectivity index (χ3n) is 1.25. The van der Waals surface area contributed by atoms with Crippen LogP contribution in [0.4, 0.5) is 0 Å². The van der Waals surface area contributed by atoms with Crippen LogP contribution in [-0.4, -0.2) is 4.98 Å². The summed E-state index contributed by atoms with van der Waals surface area (Å²) in [5.74, 6) is 0. The molecule has 1 aromatic rings. The minimum atomic E-state index is 0.544. The van der Waals surface area contributed by atoms with Gasteiger partial charge in [-0.3, -0.25) is 0 Å². The van der Waals surface area contributed by atoms with E-state index in [0.29, 0.717) is 5.15 Å². The van der Waals surface area contributed by atoms with Crippen LogP contribution in [0.2, 0.25) is 5.15 Å². The van der Waals surface area contributed by atoms with Crippen LogP contribution in [0.5, 0.6) is 0 Å². The molecule has 0 aliphatic heterocycles. The van der Waals surface area contributed by atoms with Gasteiger partial charge in [-0.2, -0.15) is 0 Å². The summed E-state index contributed by atoms with van der Waals surface area (Å²) in [4.78, 5) is 3.86. The van der Waals surface area contributed by atoms with Crippen LogP contribution in [0, 0.1) is 13.8 Å². The number of pyridine rings is 1. The van der Waals surface area contributed by atoms with Gasteiger partial charge in [0.25, 0.3) is 0 Å². The van der Waals surface area contributed by atoms with Crippen LogP contribution in [0.15, 0.2) is 12.3 Å². The molecule has 0 aliphatic rings. The van der Waals surface area contributed by atoms with Gasteiger partial charge in [-0.25, -0.2) is 4.98 Å². The van der Waals surface area contributed by atoms with E-state index in [0.717, 1.165) is 11.1 Å². The fourth-order valence-electron chi connectivity index (χ4n) is 0.547. The van der Waals surface area contributed by atoms with Crippen molar-refractivity contribution in [3.63, 3.8) is 0 Å². The molecule has 1 radical (unpaired) electrons. The first-order chi connectivity index (χ1) is 4.22. The van der Waals surface area contributed by atoms with E-state index in [2.05, 4.69) is 11.9 Å². The van der Waals surface area contributed by atoms with Gasteiger partial charge < -0.3 is 0 Å². The molecule has 1 rings (SSSR count). The largest absolute Gasteiger partial charge is 0.244 e. The van der Waals surface area contributed by atoms with Gasteiger partial charge in [0, 0.05) is 6.20 Å². The molecule has 0 N–H and O–H groups in total. The van der Waals surface area contributed by atoms with Gasteiger partial charge in [-0.05, 0) is 31.0 Å². The lowest BCUT2D eigenvalue weighted by molar-refractivity contribution is 1.25. The normalized spacial score (nSPS) is 9.67.